The van der Waals surface area contributed by atoms with Crippen molar-refractivity contribution in [2.24, 2.45) is 0 Å². The summed E-state index contributed by atoms with van der Waals surface area (Å²) >= 11 is 5.79. The number of methoxy groups -OCH3 is 1. The number of aryl methyl sites for hydroxylation is 1. The molecule has 2 aromatic carbocycles. The van der Waals surface area contributed by atoms with Gasteiger partial charge in [0.05, 0.1) is 29.1 Å². The summed E-state index contributed by atoms with van der Waals surface area (Å²) in [6.07, 6.45) is 0. The van der Waals surface area contributed by atoms with Gasteiger partial charge in [-0.15, -0.1) is 0 Å². The Kier molecular flexibility index (Phi) is 5.65. The van der Waals surface area contributed by atoms with Gasteiger partial charge in [-0.3, -0.25) is 4.79 Å². The molecule has 3 N–H and O–H groups in total. The van der Waals surface area contributed by atoms with Gasteiger partial charge < -0.3 is 20.5 Å². The van der Waals surface area contributed by atoms with Gasteiger partial charge in [0.2, 0.25) is 0 Å². The second kappa shape index (κ2) is 7.70. The van der Waals surface area contributed by atoms with Crippen molar-refractivity contribution in [2.45, 2.75) is 6.92 Å². The van der Waals surface area contributed by atoms with Crippen LogP contribution in [0.2, 0.25) is 5.02 Å². The summed E-state index contributed by atoms with van der Waals surface area (Å²) < 4.78 is 10.1. The Morgan fingerprint density at radius 2 is 1.96 bits per heavy atom. The minimum Gasteiger partial charge on any atom is -0.495 e. The molecule has 126 valence electrons. The minimum absolute atomic E-state index is 0.220. The second-order valence-corrected chi connectivity index (χ2v) is 5.47. The van der Waals surface area contributed by atoms with Crippen molar-refractivity contribution in [3.05, 3.63) is 52.5 Å². The van der Waals surface area contributed by atoms with Crippen LogP contribution in [0.4, 0.5) is 11.4 Å². The lowest BCUT2D eigenvalue weighted by Crippen LogP contribution is -2.21. The summed E-state index contributed by atoms with van der Waals surface area (Å²) in [7, 11) is 1.51. The van der Waals surface area contributed by atoms with Crippen molar-refractivity contribution >= 4 is 34.9 Å². The first-order valence-corrected chi connectivity index (χ1v) is 7.45. The van der Waals surface area contributed by atoms with E-state index in [-0.39, 0.29) is 11.3 Å². The molecule has 1 amide bonds. The highest BCUT2D eigenvalue weighted by molar-refractivity contribution is 6.33. The summed E-state index contributed by atoms with van der Waals surface area (Å²) in [6.45, 7) is 1.46. The van der Waals surface area contributed by atoms with Crippen LogP contribution >= 0.6 is 11.6 Å². The first kappa shape index (κ1) is 17.6. The van der Waals surface area contributed by atoms with Gasteiger partial charge in [0, 0.05) is 0 Å². The summed E-state index contributed by atoms with van der Waals surface area (Å²) in [4.78, 5) is 23.9. The molecular formula is C17H17ClN2O4. The fraction of sp³-hybridized carbons (Fsp3) is 0.176. The number of benzene rings is 2. The predicted octanol–water partition coefficient (Wildman–Crippen LogP) is 3.03. The molecule has 0 aliphatic rings. The van der Waals surface area contributed by atoms with Crippen LogP contribution in [0.3, 0.4) is 0 Å². The molecule has 0 saturated heterocycles. The largest absolute Gasteiger partial charge is 0.495 e. The third-order valence-electron chi connectivity index (χ3n) is 3.20. The SMILES string of the molecule is COc1ccc(C)cc1NC(=O)COC(=O)c1ccc(Cl)c(N)c1. The summed E-state index contributed by atoms with van der Waals surface area (Å²) in [5.41, 5.74) is 7.58. The molecule has 0 aromatic heterocycles. The number of carbonyl (C=O) groups excluding carboxylic acids is 2. The van der Waals surface area contributed by atoms with Crippen molar-refractivity contribution in [1.29, 1.82) is 0 Å². The number of hydrogen-bond donors (Lipinski definition) is 2. The number of amides is 1. The molecule has 7 heteroatoms. The molecule has 0 atom stereocenters. The smallest absolute Gasteiger partial charge is 0.338 e. The van der Waals surface area contributed by atoms with E-state index in [9.17, 15) is 9.59 Å². The average molecular weight is 349 g/mol. The van der Waals surface area contributed by atoms with Gasteiger partial charge in [-0.1, -0.05) is 17.7 Å². The maximum atomic E-state index is 12.0. The average Bonchev–Trinajstić information content (AvgIpc) is 2.55. The Morgan fingerprint density at radius 3 is 2.62 bits per heavy atom. The number of nitrogens with one attached hydrogen (secondary N) is 1. The Hall–Kier alpha value is -2.73. The van der Waals surface area contributed by atoms with Crippen molar-refractivity contribution in [1.82, 2.24) is 0 Å². The van der Waals surface area contributed by atoms with Gasteiger partial charge in [-0.05, 0) is 42.8 Å². The van der Waals surface area contributed by atoms with E-state index in [0.29, 0.717) is 16.5 Å². The van der Waals surface area contributed by atoms with E-state index < -0.39 is 18.5 Å². The number of ether oxygens (including phenoxy) is 2. The standard InChI is InChI=1S/C17H17ClN2O4/c1-10-3-6-15(23-2)14(7-10)20-16(21)9-24-17(22)11-4-5-12(18)13(19)8-11/h3-8H,9,19H2,1-2H3,(H,20,21). The molecule has 2 aromatic rings. The van der Waals surface area contributed by atoms with Crippen LogP contribution in [0.25, 0.3) is 0 Å². The molecule has 0 aliphatic heterocycles. The van der Waals surface area contributed by atoms with Crippen LogP contribution in [0.1, 0.15) is 15.9 Å². The lowest BCUT2D eigenvalue weighted by molar-refractivity contribution is -0.119. The molecule has 0 radical (unpaired) electrons. The molecule has 24 heavy (non-hydrogen) atoms. The molecule has 0 heterocycles. The number of nitrogen functional groups attached to an aromatic ring is 1. The van der Waals surface area contributed by atoms with Crippen LogP contribution in [-0.4, -0.2) is 25.6 Å². The van der Waals surface area contributed by atoms with Crippen LogP contribution in [-0.2, 0) is 9.53 Å². The van der Waals surface area contributed by atoms with Gasteiger partial charge in [0.1, 0.15) is 5.75 Å². The number of halogens is 1. The van der Waals surface area contributed by atoms with E-state index in [1.165, 1.54) is 25.3 Å². The third-order valence-corrected chi connectivity index (χ3v) is 3.54. The fourth-order valence-corrected chi connectivity index (χ4v) is 2.11. The highest BCUT2D eigenvalue weighted by atomic mass is 35.5. The lowest BCUT2D eigenvalue weighted by atomic mass is 10.2. The zero-order valence-electron chi connectivity index (χ0n) is 13.3. The molecule has 0 bridgehead atoms. The van der Waals surface area contributed by atoms with E-state index in [2.05, 4.69) is 5.32 Å². The normalized spacial score (nSPS) is 10.1. The molecule has 0 aliphatic carbocycles. The van der Waals surface area contributed by atoms with Crippen LogP contribution in [0.5, 0.6) is 5.75 Å². The van der Waals surface area contributed by atoms with E-state index in [4.69, 9.17) is 26.8 Å². The summed E-state index contributed by atoms with van der Waals surface area (Å²) in [6, 6.07) is 9.73. The monoisotopic (exact) mass is 348 g/mol. The molecule has 6 nitrogen and oxygen atoms in total. The zero-order chi connectivity index (χ0) is 17.7. The van der Waals surface area contributed by atoms with E-state index in [0.717, 1.165) is 5.56 Å². The lowest BCUT2D eigenvalue weighted by Gasteiger charge is -2.11. The van der Waals surface area contributed by atoms with E-state index in [1.807, 2.05) is 13.0 Å². The number of rotatable bonds is 5. The molecule has 2 rings (SSSR count). The Morgan fingerprint density at radius 1 is 1.21 bits per heavy atom. The van der Waals surface area contributed by atoms with Gasteiger partial charge >= 0.3 is 5.97 Å². The highest BCUT2D eigenvalue weighted by Crippen LogP contribution is 2.25. The molecular weight excluding hydrogens is 332 g/mol. The van der Waals surface area contributed by atoms with Crippen LogP contribution in [0.15, 0.2) is 36.4 Å². The molecule has 0 spiro atoms. The minimum atomic E-state index is -0.662. The maximum Gasteiger partial charge on any atom is 0.338 e. The number of hydrogen-bond acceptors (Lipinski definition) is 5. The number of anilines is 2. The van der Waals surface area contributed by atoms with Gasteiger partial charge in [-0.25, -0.2) is 4.79 Å². The summed E-state index contributed by atoms with van der Waals surface area (Å²) in [5, 5.41) is 2.99. The number of carbonyl (C=O) groups is 2. The topological polar surface area (TPSA) is 90.6 Å². The van der Waals surface area contributed by atoms with Gasteiger partial charge in [0.15, 0.2) is 6.61 Å². The number of esters is 1. The third kappa shape index (κ3) is 4.39. The zero-order valence-corrected chi connectivity index (χ0v) is 14.0. The molecule has 0 fully saturated rings. The van der Waals surface area contributed by atoms with Crippen molar-refractivity contribution in [3.8, 4) is 5.75 Å². The summed E-state index contributed by atoms with van der Waals surface area (Å²) in [5.74, 6) is -0.621. The fourth-order valence-electron chi connectivity index (χ4n) is 1.99. The Balaban J connectivity index is 1.97. The van der Waals surface area contributed by atoms with Gasteiger partial charge in [0.25, 0.3) is 5.91 Å². The first-order chi connectivity index (χ1) is 11.4. The quantitative estimate of drug-likeness (QED) is 0.640. The first-order valence-electron chi connectivity index (χ1n) is 7.07. The van der Waals surface area contributed by atoms with Gasteiger partial charge in [-0.2, -0.15) is 0 Å². The van der Waals surface area contributed by atoms with E-state index in [1.54, 1.807) is 12.1 Å². The highest BCUT2D eigenvalue weighted by Gasteiger charge is 2.13. The van der Waals surface area contributed by atoms with Crippen LogP contribution in [0, 0.1) is 6.92 Å². The molecule has 0 saturated carbocycles. The number of nitrogens with two attached hydrogens (primary N) is 1. The maximum absolute atomic E-state index is 12.0. The van der Waals surface area contributed by atoms with Crippen molar-refractivity contribution in [2.75, 3.05) is 24.8 Å². The Bertz CT molecular complexity index is 777. The second-order valence-electron chi connectivity index (χ2n) is 5.06. The van der Waals surface area contributed by atoms with Crippen molar-refractivity contribution < 1.29 is 19.1 Å². The Labute approximate surface area is 144 Å². The predicted molar refractivity (Wildman–Crippen MR) is 92.5 cm³/mol. The molecule has 0 unspecified atom stereocenters. The van der Waals surface area contributed by atoms with Crippen molar-refractivity contribution in [3.63, 3.8) is 0 Å². The van der Waals surface area contributed by atoms with Crippen LogP contribution < -0.4 is 15.8 Å². The van der Waals surface area contributed by atoms with E-state index >= 15 is 0 Å².